The van der Waals surface area contributed by atoms with Crippen LogP contribution in [0.25, 0.3) is 10.9 Å². The maximum absolute atomic E-state index is 4.35. The first kappa shape index (κ1) is 10.4. The number of aromatic amines is 1. The van der Waals surface area contributed by atoms with E-state index in [1.807, 2.05) is 18.2 Å². The van der Waals surface area contributed by atoms with Crippen LogP contribution in [0.4, 0.5) is 0 Å². The van der Waals surface area contributed by atoms with E-state index in [2.05, 4.69) is 46.6 Å². The summed E-state index contributed by atoms with van der Waals surface area (Å²) < 4.78 is 0. The van der Waals surface area contributed by atoms with Gasteiger partial charge in [0.05, 0.1) is 5.52 Å². The standard InChI is InChI=1S/C14H12N2S/c1-2-6-11(7-3-1)10-17-14-12-8-4-5-9-13(12)15-16-14/h1-9H,10H2,(H,15,16). The van der Waals surface area contributed by atoms with Gasteiger partial charge in [0.2, 0.25) is 0 Å². The fourth-order valence-corrected chi connectivity index (χ4v) is 2.71. The van der Waals surface area contributed by atoms with Crippen LogP contribution in [0.3, 0.4) is 0 Å². The molecule has 0 spiro atoms. The highest BCUT2D eigenvalue weighted by atomic mass is 32.2. The van der Waals surface area contributed by atoms with E-state index in [1.165, 1.54) is 10.9 Å². The second kappa shape index (κ2) is 4.63. The minimum Gasteiger partial charge on any atom is -0.277 e. The molecule has 1 heterocycles. The summed E-state index contributed by atoms with van der Waals surface area (Å²) in [4.78, 5) is 0. The lowest BCUT2D eigenvalue weighted by Gasteiger charge is -1.98. The molecule has 0 bridgehead atoms. The molecule has 0 aliphatic carbocycles. The molecule has 0 aliphatic heterocycles. The number of hydrogen-bond acceptors (Lipinski definition) is 2. The van der Waals surface area contributed by atoms with Crippen LogP contribution in [0.15, 0.2) is 59.6 Å². The largest absolute Gasteiger partial charge is 0.277 e. The predicted molar refractivity (Wildman–Crippen MR) is 72.1 cm³/mol. The first-order valence-electron chi connectivity index (χ1n) is 5.53. The molecule has 0 amide bonds. The Labute approximate surface area is 104 Å². The zero-order valence-corrected chi connectivity index (χ0v) is 10.1. The van der Waals surface area contributed by atoms with Gasteiger partial charge in [-0.15, -0.1) is 0 Å². The van der Waals surface area contributed by atoms with Crippen molar-refractivity contribution in [2.75, 3.05) is 0 Å². The van der Waals surface area contributed by atoms with Crippen molar-refractivity contribution in [3.63, 3.8) is 0 Å². The lowest BCUT2D eigenvalue weighted by Crippen LogP contribution is -1.79. The number of rotatable bonds is 3. The fraction of sp³-hybridized carbons (Fsp3) is 0.0714. The zero-order chi connectivity index (χ0) is 11.5. The third-order valence-corrected chi connectivity index (χ3v) is 3.72. The molecule has 0 fully saturated rings. The van der Waals surface area contributed by atoms with Crippen LogP contribution in [-0.4, -0.2) is 10.2 Å². The van der Waals surface area contributed by atoms with Gasteiger partial charge < -0.3 is 0 Å². The average molecular weight is 240 g/mol. The average Bonchev–Trinajstić information content (AvgIpc) is 2.81. The minimum atomic E-state index is 0.954. The summed E-state index contributed by atoms with van der Waals surface area (Å²) in [7, 11) is 0. The van der Waals surface area contributed by atoms with E-state index in [-0.39, 0.29) is 0 Å². The summed E-state index contributed by atoms with van der Waals surface area (Å²) in [5.74, 6) is 0.954. The van der Waals surface area contributed by atoms with E-state index in [0.717, 1.165) is 16.3 Å². The maximum atomic E-state index is 4.35. The summed E-state index contributed by atoms with van der Waals surface area (Å²) in [5.41, 5.74) is 2.42. The number of nitrogens with one attached hydrogen (secondary N) is 1. The number of aromatic nitrogens is 2. The van der Waals surface area contributed by atoms with Crippen molar-refractivity contribution in [1.82, 2.24) is 10.2 Å². The minimum absolute atomic E-state index is 0.954. The highest BCUT2D eigenvalue weighted by Crippen LogP contribution is 2.27. The third-order valence-electron chi connectivity index (χ3n) is 2.65. The van der Waals surface area contributed by atoms with Crippen molar-refractivity contribution in [3.05, 3.63) is 60.2 Å². The van der Waals surface area contributed by atoms with E-state index >= 15 is 0 Å². The Bertz CT molecular complexity index is 616. The Hall–Kier alpha value is -1.74. The molecule has 3 rings (SSSR count). The van der Waals surface area contributed by atoms with Crippen LogP contribution in [0, 0.1) is 0 Å². The molecule has 3 aromatic rings. The van der Waals surface area contributed by atoms with Crippen molar-refractivity contribution in [1.29, 1.82) is 0 Å². The molecule has 1 N–H and O–H groups in total. The Morgan fingerprint density at radius 2 is 1.71 bits per heavy atom. The second-order valence-corrected chi connectivity index (χ2v) is 4.81. The summed E-state index contributed by atoms with van der Waals surface area (Å²) in [6, 6.07) is 18.7. The number of nitrogens with zero attached hydrogens (tertiary/aromatic N) is 1. The molecular formula is C14H12N2S. The molecule has 2 nitrogen and oxygen atoms in total. The van der Waals surface area contributed by atoms with Crippen molar-refractivity contribution < 1.29 is 0 Å². The van der Waals surface area contributed by atoms with Gasteiger partial charge in [0.25, 0.3) is 0 Å². The maximum Gasteiger partial charge on any atom is 0.126 e. The molecule has 1 aromatic heterocycles. The van der Waals surface area contributed by atoms with Gasteiger partial charge in [-0.25, -0.2) is 0 Å². The van der Waals surface area contributed by atoms with E-state index < -0.39 is 0 Å². The van der Waals surface area contributed by atoms with Gasteiger partial charge in [0, 0.05) is 11.1 Å². The van der Waals surface area contributed by atoms with E-state index in [9.17, 15) is 0 Å². The Morgan fingerprint density at radius 3 is 2.59 bits per heavy atom. The fourth-order valence-electron chi connectivity index (χ4n) is 1.77. The van der Waals surface area contributed by atoms with Crippen molar-refractivity contribution in [2.24, 2.45) is 0 Å². The molecule has 0 atom stereocenters. The van der Waals surface area contributed by atoms with Crippen molar-refractivity contribution in [3.8, 4) is 0 Å². The van der Waals surface area contributed by atoms with Crippen LogP contribution in [-0.2, 0) is 5.75 Å². The number of H-pyrrole nitrogens is 1. The highest BCUT2D eigenvalue weighted by molar-refractivity contribution is 7.98. The topological polar surface area (TPSA) is 28.7 Å². The SMILES string of the molecule is c1ccc(CSc2n[nH]c3ccccc23)cc1. The monoisotopic (exact) mass is 240 g/mol. The van der Waals surface area contributed by atoms with Crippen LogP contribution in [0.5, 0.6) is 0 Å². The van der Waals surface area contributed by atoms with E-state index in [4.69, 9.17) is 0 Å². The van der Waals surface area contributed by atoms with Gasteiger partial charge in [-0.2, -0.15) is 5.10 Å². The number of benzene rings is 2. The van der Waals surface area contributed by atoms with E-state index in [1.54, 1.807) is 11.8 Å². The van der Waals surface area contributed by atoms with Crippen LogP contribution >= 0.6 is 11.8 Å². The van der Waals surface area contributed by atoms with Crippen LogP contribution in [0.1, 0.15) is 5.56 Å². The van der Waals surface area contributed by atoms with Gasteiger partial charge in [0.15, 0.2) is 0 Å². The normalized spacial score (nSPS) is 10.8. The summed E-state index contributed by atoms with van der Waals surface area (Å²) in [6.07, 6.45) is 0. The van der Waals surface area contributed by atoms with Crippen LogP contribution in [0.2, 0.25) is 0 Å². The second-order valence-electron chi connectivity index (χ2n) is 3.85. The third kappa shape index (κ3) is 2.19. The molecule has 0 unspecified atom stereocenters. The highest BCUT2D eigenvalue weighted by Gasteiger charge is 2.05. The first-order valence-corrected chi connectivity index (χ1v) is 6.52. The molecule has 0 saturated carbocycles. The number of hydrogen-bond donors (Lipinski definition) is 1. The Morgan fingerprint density at radius 1 is 0.941 bits per heavy atom. The lowest BCUT2D eigenvalue weighted by molar-refractivity contribution is 1.02. The molecule has 84 valence electrons. The van der Waals surface area contributed by atoms with Gasteiger partial charge in [-0.05, 0) is 11.6 Å². The number of fused-ring (bicyclic) bond motifs is 1. The predicted octanol–water partition coefficient (Wildman–Crippen LogP) is 3.86. The lowest BCUT2D eigenvalue weighted by atomic mass is 10.2. The van der Waals surface area contributed by atoms with Gasteiger partial charge >= 0.3 is 0 Å². The van der Waals surface area contributed by atoms with Gasteiger partial charge in [0.1, 0.15) is 5.03 Å². The molecule has 2 aromatic carbocycles. The summed E-state index contributed by atoms with van der Waals surface area (Å²) >= 11 is 1.77. The Kier molecular flexibility index (Phi) is 2.84. The molecule has 0 radical (unpaired) electrons. The summed E-state index contributed by atoms with van der Waals surface area (Å²) in [5, 5.41) is 9.68. The zero-order valence-electron chi connectivity index (χ0n) is 9.26. The van der Waals surface area contributed by atoms with Gasteiger partial charge in [-0.3, -0.25) is 5.10 Å². The van der Waals surface area contributed by atoms with Crippen molar-refractivity contribution >= 4 is 22.7 Å². The number of thioether (sulfide) groups is 1. The number of para-hydroxylation sites is 1. The van der Waals surface area contributed by atoms with Gasteiger partial charge in [-0.1, -0.05) is 60.3 Å². The molecular weight excluding hydrogens is 228 g/mol. The molecule has 0 saturated heterocycles. The summed E-state index contributed by atoms with van der Waals surface area (Å²) in [6.45, 7) is 0. The molecule has 0 aliphatic rings. The smallest absolute Gasteiger partial charge is 0.126 e. The van der Waals surface area contributed by atoms with Crippen LogP contribution < -0.4 is 0 Å². The molecule has 17 heavy (non-hydrogen) atoms. The van der Waals surface area contributed by atoms with E-state index in [0.29, 0.717) is 0 Å². The Balaban J connectivity index is 1.82. The quantitative estimate of drug-likeness (QED) is 0.704. The molecule has 3 heteroatoms. The van der Waals surface area contributed by atoms with Crippen molar-refractivity contribution in [2.45, 2.75) is 10.8 Å². The first-order chi connectivity index (χ1) is 8.43.